The van der Waals surface area contributed by atoms with Crippen molar-refractivity contribution >= 4 is 23.6 Å². The standard InChI is InChI=1S/C23H26N2O4/c1-28-20-9-5-6-16(22(20)29-2)12-15-21(26)24-19-13-10-17(11-14-19)23(27)25-18-7-3-4-8-18/h5-6,9-15,18H,3-4,7-8H2,1-2H3,(H,24,26)(H,25,27)/b15-12+. The fourth-order valence-corrected chi connectivity index (χ4v) is 3.44. The van der Waals surface area contributed by atoms with Gasteiger partial charge in [0, 0.05) is 28.9 Å². The van der Waals surface area contributed by atoms with Crippen LogP contribution in [0.4, 0.5) is 5.69 Å². The first-order valence-electron chi connectivity index (χ1n) is 9.71. The summed E-state index contributed by atoms with van der Waals surface area (Å²) in [5.74, 6) is 0.816. The number of amides is 2. The minimum absolute atomic E-state index is 0.0696. The van der Waals surface area contributed by atoms with Crippen molar-refractivity contribution in [1.29, 1.82) is 0 Å². The highest BCUT2D eigenvalue weighted by molar-refractivity contribution is 6.02. The molecule has 1 fully saturated rings. The van der Waals surface area contributed by atoms with Crippen LogP contribution in [-0.2, 0) is 4.79 Å². The monoisotopic (exact) mass is 394 g/mol. The van der Waals surface area contributed by atoms with Crippen molar-refractivity contribution in [2.24, 2.45) is 0 Å². The molecule has 2 aromatic carbocycles. The van der Waals surface area contributed by atoms with Gasteiger partial charge in [-0.25, -0.2) is 0 Å². The molecule has 2 N–H and O–H groups in total. The highest BCUT2D eigenvalue weighted by atomic mass is 16.5. The maximum Gasteiger partial charge on any atom is 0.251 e. The lowest BCUT2D eigenvalue weighted by Gasteiger charge is -2.12. The summed E-state index contributed by atoms with van der Waals surface area (Å²) in [5, 5.41) is 5.84. The molecule has 3 rings (SSSR count). The van der Waals surface area contributed by atoms with Gasteiger partial charge in [0.05, 0.1) is 14.2 Å². The lowest BCUT2D eigenvalue weighted by atomic mass is 10.1. The molecule has 6 nitrogen and oxygen atoms in total. The first-order valence-corrected chi connectivity index (χ1v) is 9.71. The van der Waals surface area contributed by atoms with E-state index in [1.54, 1.807) is 50.6 Å². The van der Waals surface area contributed by atoms with E-state index in [0.29, 0.717) is 22.7 Å². The molecule has 0 aromatic heterocycles. The molecule has 2 amide bonds. The quantitative estimate of drug-likeness (QED) is 0.695. The van der Waals surface area contributed by atoms with Crippen LogP contribution in [0.25, 0.3) is 6.08 Å². The van der Waals surface area contributed by atoms with Gasteiger partial charge in [-0.15, -0.1) is 0 Å². The van der Waals surface area contributed by atoms with E-state index in [4.69, 9.17) is 9.47 Å². The van der Waals surface area contributed by atoms with Gasteiger partial charge in [-0.2, -0.15) is 0 Å². The zero-order valence-corrected chi connectivity index (χ0v) is 16.7. The van der Waals surface area contributed by atoms with E-state index in [0.717, 1.165) is 18.4 Å². The van der Waals surface area contributed by atoms with E-state index in [9.17, 15) is 9.59 Å². The summed E-state index contributed by atoms with van der Waals surface area (Å²) in [6.45, 7) is 0. The summed E-state index contributed by atoms with van der Waals surface area (Å²) in [5.41, 5.74) is 1.95. The van der Waals surface area contributed by atoms with E-state index in [2.05, 4.69) is 10.6 Å². The molecule has 6 heteroatoms. The summed E-state index contributed by atoms with van der Waals surface area (Å²) >= 11 is 0. The first-order chi connectivity index (χ1) is 14.1. The smallest absolute Gasteiger partial charge is 0.251 e. The molecule has 0 saturated heterocycles. The van der Waals surface area contributed by atoms with Crippen molar-refractivity contribution in [3.05, 3.63) is 59.7 Å². The third-order valence-electron chi connectivity index (χ3n) is 4.95. The van der Waals surface area contributed by atoms with Crippen LogP contribution in [0.3, 0.4) is 0 Å². The predicted octanol–water partition coefficient (Wildman–Crippen LogP) is 4.03. The SMILES string of the molecule is COc1cccc(/C=C/C(=O)Nc2ccc(C(=O)NC3CCCC3)cc2)c1OC. The van der Waals surface area contributed by atoms with E-state index < -0.39 is 0 Å². The second-order valence-corrected chi connectivity index (χ2v) is 6.94. The molecular weight excluding hydrogens is 368 g/mol. The van der Waals surface area contributed by atoms with E-state index in [-0.39, 0.29) is 17.9 Å². The molecule has 29 heavy (non-hydrogen) atoms. The summed E-state index contributed by atoms with van der Waals surface area (Å²) in [6.07, 6.45) is 7.53. The van der Waals surface area contributed by atoms with Crippen LogP contribution >= 0.6 is 0 Å². The number of carbonyl (C=O) groups excluding carboxylic acids is 2. The molecule has 1 aliphatic carbocycles. The number of nitrogens with one attached hydrogen (secondary N) is 2. The highest BCUT2D eigenvalue weighted by Gasteiger charge is 2.17. The van der Waals surface area contributed by atoms with Crippen LogP contribution in [0, 0.1) is 0 Å². The van der Waals surface area contributed by atoms with Crippen molar-refractivity contribution in [3.8, 4) is 11.5 Å². The number of carbonyl (C=O) groups is 2. The van der Waals surface area contributed by atoms with Gasteiger partial charge >= 0.3 is 0 Å². The molecule has 0 heterocycles. The van der Waals surface area contributed by atoms with Gasteiger partial charge in [0.15, 0.2) is 11.5 Å². The van der Waals surface area contributed by atoms with E-state index in [1.165, 1.54) is 18.9 Å². The van der Waals surface area contributed by atoms with Crippen LogP contribution < -0.4 is 20.1 Å². The second kappa shape index (κ2) is 9.78. The Bertz CT molecular complexity index is 884. The van der Waals surface area contributed by atoms with Gasteiger partial charge in [0.25, 0.3) is 5.91 Å². The fraction of sp³-hybridized carbons (Fsp3) is 0.304. The van der Waals surface area contributed by atoms with Crippen LogP contribution in [0.15, 0.2) is 48.5 Å². The van der Waals surface area contributed by atoms with Crippen LogP contribution in [-0.4, -0.2) is 32.1 Å². The number of methoxy groups -OCH3 is 2. The number of benzene rings is 2. The van der Waals surface area contributed by atoms with Crippen molar-refractivity contribution < 1.29 is 19.1 Å². The zero-order valence-electron chi connectivity index (χ0n) is 16.7. The molecule has 0 atom stereocenters. The van der Waals surface area contributed by atoms with Gasteiger partial charge in [0.2, 0.25) is 5.91 Å². The van der Waals surface area contributed by atoms with Crippen molar-refractivity contribution in [2.75, 3.05) is 19.5 Å². The summed E-state index contributed by atoms with van der Waals surface area (Å²) < 4.78 is 10.6. The Morgan fingerprint density at radius 2 is 1.72 bits per heavy atom. The maximum atomic E-state index is 12.3. The second-order valence-electron chi connectivity index (χ2n) is 6.94. The zero-order chi connectivity index (χ0) is 20.6. The number of anilines is 1. The minimum atomic E-state index is -0.280. The Balaban J connectivity index is 1.59. The molecule has 152 valence electrons. The summed E-state index contributed by atoms with van der Waals surface area (Å²) in [7, 11) is 3.12. The van der Waals surface area contributed by atoms with Crippen molar-refractivity contribution in [2.45, 2.75) is 31.7 Å². The molecule has 2 aromatic rings. The summed E-state index contributed by atoms with van der Waals surface area (Å²) in [6, 6.07) is 12.6. The number of para-hydroxylation sites is 1. The Hall–Kier alpha value is -3.28. The van der Waals surface area contributed by atoms with Gasteiger partial charge in [0.1, 0.15) is 0 Å². The van der Waals surface area contributed by atoms with E-state index in [1.807, 2.05) is 12.1 Å². The molecule has 0 radical (unpaired) electrons. The Labute approximate surface area is 170 Å². The van der Waals surface area contributed by atoms with Gasteiger partial charge in [-0.3, -0.25) is 9.59 Å². The predicted molar refractivity (Wildman–Crippen MR) is 113 cm³/mol. The Morgan fingerprint density at radius 3 is 2.38 bits per heavy atom. The van der Waals surface area contributed by atoms with E-state index >= 15 is 0 Å². The largest absolute Gasteiger partial charge is 0.493 e. The Kier molecular flexibility index (Phi) is 6.89. The van der Waals surface area contributed by atoms with Gasteiger partial charge < -0.3 is 20.1 Å². The maximum absolute atomic E-state index is 12.3. The van der Waals surface area contributed by atoms with Gasteiger partial charge in [-0.1, -0.05) is 25.0 Å². The average molecular weight is 394 g/mol. The number of ether oxygens (including phenoxy) is 2. The van der Waals surface area contributed by atoms with Gasteiger partial charge in [-0.05, 0) is 49.2 Å². The average Bonchev–Trinajstić information content (AvgIpc) is 3.25. The molecular formula is C23H26N2O4. The topological polar surface area (TPSA) is 76.7 Å². The minimum Gasteiger partial charge on any atom is -0.493 e. The fourth-order valence-electron chi connectivity index (χ4n) is 3.44. The number of hydrogen-bond donors (Lipinski definition) is 2. The van der Waals surface area contributed by atoms with Crippen LogP contribution in [0.1, 0.15) is 41.6 Å². The highest BCUT2D eigenvalue weighted by Crippen LogP contribution is 2.31. The van der Waals surface area contributed by atoms with Crippen LogP contribution in [0.5, 0.6) is 11.5 Å². The first kappa shape index (κ1) is 20.5. The van der Waals surface area contributed by atoms with Crippen molar-refractivity contribution in [1.82, 2.24) is 5.32 Å². The molecule has 0 aliphatic heterocycles. The molecule has 0 bridgehead atoms. The Morgan fingerprint density at radius 1 is 1.00 bits per heavy atom. The lowest BCUT2D eigenvalue weighted by Crippen LogP contribution is -2.32. The lowest BCUT2D eigenvalue weighted by molar-refractivity contribution is -0.111. The van der Waals surface area contributed by atoms with Crippen molar-refractivity contribution in [3.63, 3.8) is 0 Å². The molecule has 1 aliphatic rings. The normalized spacial score (nSPS) is 14.0. The third-order valence-corrected chi connectivity index (χ3v) is 4.95. The molecule has 0 unspecified atom stereocenters. The summed E-state index contributed by atoms with van der Waals surface area (Å²) in [4.78, 5) is 24.5. The number of rotatable bonds is 7. The number of hydrogen-bond acceptors (Lipinski definition) is 4. The third kappa shape index (κ3) is 5.38. The molecule has 0 spiro atoms. The van der Waals surface area contributed by atoms with Crippen LogP contribution in [0.2, 0.25) is 0 Å². The molecule has 1 saturated carbocycles.